The number of aliphatic hydroxyl groups is 1. The van der Waals surface area contributed by atoms with Gasteiger partial charge in [-0.3, -0.25) is 0 Å². The van der Waals surface area contributed by atoms with Gasteiger partial charge in [0, 0.05) is 6.20 Å². The van der Waals surface area contributed by atoms with Crippen molar-refractivity contribution >= 4 is 0 Å². The second-order valence-corrected chi connectivity index (χ2v) is 3.40. The normalized spacial score (nSPS) is 15.3. The van der Waals surface area contributed by atoms with Crippen molar-refractivity contribution in [3.8, 4) is 0 Å². The number of hydrogen-bond acceptors (Lipinski definition) is 3. The highest BCUT2D eigenvalue weighted by Crippen LogP contribution is 2.20. The predicted molar refractivity (Wildman–Crippen MR) is 51.1 cm³/mol. The van der Waals surface area contributed by atoms with E-state index >= 15 is 0 Å². The maximum Gasteiger partial charge on any atom is 0.115 e. The summed E-state index contributed by atoms with van der Waals surface area (Å²) in [6.07, 6.45) is 4.53. The molecule has 1 aromatic rings. The van der Waals surface area contributed by atoms with Crippen LogP contribution in [0.2, 0.25) is 0 Å². The van der Waals surface area contributed by atoms with Gasteiger partial charge in [0.05, 0.1) is 11.8 Å². The Kier molecular flexibility index (Phi) is 3.83. The lowest BCUT2D eigenvalue weighted by molar-refractivity contribution is 0.142. The van der Waals surface area contributed by atoms with Crippen LogP contribution in [0.4, 0.5) is 0 Å². The first-order valence-electron chi connectivity index (χ1n) is 4.68. The second kappa shape index (κ2) is 4.92. The summed E-state index contributed by atoms with van der Waals surface area (Å²) in [4.78, 5) is 7.81. The third kappa shape index (κ3) is 3.11. The molecule has 1 rings (SSSR count). The van der Waals surface area contributed by atoms with Crippen LogP contribution < -0.4 is 0 Å². The maximum absolute atomic E-state index is 9.73. The number of aromatic nitrogens is 2. The molecular formula is C10H16N2O. The fourth-order valence-electron chi connectivity index (χ4n) is 1.17. The Balaban J connectivity index is 2.53. The maximum atomic E-state index is 9.73. The van der Waals surface area contributed by atoms with E-state index in [0.717, 1.165) is 18.5 Å². The van der Waals surface area contributed by atoms with E-state index < -0.39 is 6.10 Å². The number of aliphatic hydroxyl groups excluding tert-OH is 1. The van der Waals surface area contributed by atoms with Gasteiger partial charge >= 0.3 is 0 Å². The molecule has 3 heteroatoms. The van der Waals surface area contributed by atoms with E-state index in [2.05, 4.69) is 23.8 Å². The summed E-state index contributed by atoms with van der Waals surface area (Å²) < 4.78 is 0. The third-order valence-corrected chi connectivity index (χ3v) is 2.27. The number of hydrogen-bond donors (Lipinski definition) is 1. The van der Waals surface area contributed by atoms with Gasteiger partial charge in [0.15, 0.2) is 0 Å². The van der Waals surface area contributed by atoms with Crippen molar-refractivity contribution < 1.29 is 5.11 Å². The average molecular weight is 180 g/mol. The van der Waals surface area contributed by atoms with Gasteiger partial charge in [-0.25, -0.2) is 9.97 Å². The standard InChI is InChI=1S/C10H16N2O/c1-3-8(2)6-10(13)9-4-5-11-7-12-9/h4-5,7-8,10,13H,3,6H2,1-2H3. The van der Waals surface area contributed by atoms with Crippen molar-refractivity contribution in [3.63, 3.8) is 0 Å². The van der Waals surface area contributed by atoms with E-state index in [1.165, 1.54) is 6.33 Å². The van der Waals surface area contributed by atoms with E-state index in [0.29, 0.717) is 5.92 Å². The van der Waals surface area contributed by atoms with Gasteiger partial charge in [0.25, 0.3) is 0 Å². The molecule has 0 fully saturated rings. The molecule has 0 aliphatic carbocycles. The first-order valence-corrected chi connectivity index (χ1v) is 4.68. The van der Waals surface area contributed by atoms with Crippen LogP contribution in [0.3, 0.4) is 0 Å². The van der Waals surface area contributed by atoms with Gasteiger partial charge in [0.2, 0.25) is 0 Å². The molecule has 0 aromatic carbocycles. The zero-order chi connectivity index (χ0) is 9.68. The van der Waals surface area contributed by atoms with Crippen LogP contribution >= 0.6 is 0 Å². The van der Waals surface area contributed by atoms with Crippen molar-refractivity contribution in [3.05, 3.63) is 24.3 Å². The molecule has 1 N–H and O–H groups in total. The summed E-state index contributed by atoms with van der Waals surface area (Å²) in [6, 6.07) is 1.76. The minimum absolute atomic E-state index is 0.446. The molecule has 2 unspecified atom stereocenters. The molecule has 0 aliphatic heterocycles. The van der Waals surface area contributed by atoms with Gasteiger partial charge in [0.1, 0.15) is 6.33 Å². The van der Waals surface area contributed by atoms with Crippen LogP contribution in [0.1, 0.15) is 38.5 Å². The molecule has 1 aromatic heterocycles. The minimum atomic E-state index is -0.446. The zero-order valence-electron chi connectivity index (χ0n) is 8.14. The molecule has 0 spiro atoms. The molecule has 1 heterocycles. The molecular weight excluding hydrogens is 164 g/mol. The smallest absolute Gasteiger partial charge is 0.115 e. The Labute approximate surface area is 78.9 Å². The summed E-state index contributed by atoms with van der Waals surface area (Å²) in [5.41, 5.74) is 0.718. The number of rotatable bonds is 4. The molecule has 2 atom stereocenters. The molecule has 0 radical (unpaired) electrons. The van der Waals surface area contributed by atoms with Gasteiger partial charge in [-0.1, -0.05) is 20.3 Å². The SMILES string of the molecule is CCC(C)CC(O)c1ccncn1. The van der Waals surface area contributed by atoms with Crippen LogP contribution in [0.25, 0.3) is 0 Å². The van der Waals surface area contributed by atoms with Crippen LogP contribution in [0.15, 0.2) is 18.6 Å². The molecule has 13 heavy (non-hydrogen) atoms. The molecule has 72 valence electrons. The highest BCUT2D eigenvalue weighted by molar-refractivity contribution is 5.01. The summed E-state index contributed by atoms with van der Waals surface area (Å²) in [6.45, 7) is 4.25. The van der Waals surface area contributed by atoms with Gasteiger partial charge < -0.3 is 5.11 Å². The van der Waals surface area contributed by atoms with Crippen LogP contribution in [0.5, 0.6) is 0 Å². The van der Waals surface area contributed by atoms with E-state index in [4.69, 9.17) is 0 Å². The van der Waals surface area contributed by atoms with Crippen LogP contribution in [-0.4, -0.2) is 15.1 Å². The first kappa shape index (κ1) is 10.1. The van der Waals surface area contributed by atoms with E-state index in [-0.39, 0.29) is 0 Å². The Hall–Kier alpha value is -0.960. The van der Waals surface area contributed by atoms with Crippen molar-refractivity contribution in [2.24, 2.45) is 5.92 Å². The number of nitrogens with zero attached hydrogens (tertiary/aromatic N) is 2. The van der Waals surface area contributed by atoms with E-state index in [9.17, 15) is 5.11 Å². The first-order chi connectivity index (χ1) is 6.24. The quantitative estimate of drug-likeness (QED) is 0.770. The molecule has 3 nitrogen and oxygen atoms in total. The molecule has 0 amide bonds. The van der Waals surface area contributed by atoms with Crippen molar-refractivity contribution in [2.45, 2.75) is 32.8 Å². The fraction of sp³-hybridized carbons (Fsp3) is 0.600. The molecule has 0 saturated carbocycles. The zero-order valence-corrected chi connectivity index (χ0v) is 8.14. The van der Waals surface area contributed by atoms with Crippen molar-refractivity contribution in [1.82, 2.24) is 9.97 Å². The lowest BCUT2D eigenvalue weighted by Crippen LogP contribution is -2.05. The van der Waals surface area contributed by atoms with Crippen molar-refractivity contribution in [1.29, 1.82) is 0 Å². The Morgan fingerprint density at radius 2 is 2.31 bits per heavy atom. The van der Waals surface area contributed by atoms with Crippen LogP contribution in [-0.2, 0) is 0 Å². The Morgan fingerprint density at radius 1 is 1.54 bits per heavy atom. The summed E-state index contributed by atoms with van der Waals surface area (Å²) in [5.74, 6) is 0.532. The van der Waals surface area contributed by atoms with Gasteiger partial charge in [-0.15, -0.1) is 0 Å². The van der Waals surface area contributed by atoms with Crippen molar-refractivity contribution in [2.75, 3.05) is 0 Å². The summed E-state index contributed by atoms with van der Waals surface area (Å²) in [7, 11) is 0. The third-order valence-electron chi connectivity index (χ3n) is 2.27. The highest BCUT2D eigenvalue weighted by Gasteiger charge is 2.11. The highest BCUT2D eigenvalue weighted by atomic mass is 16.3. The summed E-state index contributed by atoms with van der Waals surface area (Å²) in [5, 5.41) is 9.73. The van der Waals surface area contributed by atoms with Gasteiger partial charge in [-0.05, 0) is 18.4 Å². The molecule has 0 bridgehead atoms. The topological polar surface area (TPSA) is 46.0 Å². The second-order valence-electron chi connectivity index (χ2n) is 3.40. The fourth-order valence-corrected chi connectivity index (χ4v) is 1.17. The average Bonchev–Trinajstić information content (AvgIpc) is 2.19. The monoisotopic (exact) mass is 180 g/mol. The Morgan fingerprint density at radius 3 is 2.85 bits per heavy atom. The molecule has 0 saturated heterocycles. The molecule has 0 aliphatic rings. The predicted octanol–water partition coefficient (Wildman–Crippen LogP) is 1.95. The lowest BCUT2D eigenvalue weighted by atomic mass is 9.99. The van der Waals surface area contributed by atoms with E-state index in [1.807, 2.05) is 0 Å². The van der Waals surface area contributed by atoms with Gasteiger partial charge in [-0.2, -0.15) is 0 Å². The van der Waals surface area contributed by atoms with Crippen LogP contribution in [0, 0.1) is 5.92 Å². The van der Waals surface area contributed by atoms with E-state index in [1.54, 1.807) is 12.3 Å². The Bertz CT molecular complexity index is 238. The summed E-state index contributed by atoms with van der Waals surface area (Å²) >= 11 is 0. The minimum Gasteiger partial charge on any atom is -0.387 e. The largest absolute Gasteiger partial charge is 0.387 e. The lowest BCUT2D eigenvalue weighted by Gasteiger charge is -2.13.